The number of carboxylic acid groups (broad SMARTS) is 1. The number of non-ortho nitro benzene ring substituents is 1. The van der Waals surface area contributed by atoms with Crippen LogP contribution >= 0.6 is 0 Å². The van der Waals surface area contributed by atoms with Crippen LogP contribution in [0.15, 0.2) is 24.3 Å². The highest BCUT2D eigenvalue weighted by Crippen LogP contribution is 2.36. The van der Waals surface area contributed by atoms with E-state index in [9.17, 15) is 75.6 Å². The predicted octanol–water partition coefficient (Wildman–Crippen LogP) is -6.08. The van der Waals surface area contributed by atoms with Crippen LogP contribution in [0.4, 0.5) is 5.69 Å². The van der Waals surface area contributed by atoms with Gasteiger partial charge in [0, 0.05) is 32.4 Å². The summed E-state index contributed by atoms with van der Waals surface area (Å²) in [6.07, 6.45) is -25.4. The normalized spacial score (nSPS) is 37.6. The van der Waals surface area contributed by atoms with Crippen molar-refractivity contribution in [3.8, 4) is 5.75 Å². The van der Waals surface area contributed by atoms with E-state index in [0.29, 0.717) is 0 Å². The van der Waals surface area contributed by atoms with Crippen LogP contribution in [0.3, 0.4) is 0 Å². The van der Waals surface area contributed by atoms with Gasteiger partial charge in [-0.15, -0.1) is 0 Å². The molecule has 0 aliphatic carbocycles. The van der Waals surface area contributed by atoms with E-state index in [-0.39, 0.29) is 11.4 Å². The van der Waals surface area contributed by atoms with Crippen molar-refractivity contribution in [3.05, 3.63) is 34.4 Å². The Bertz CT molecular complexity index is 1490. The summed E-state index contributed by atoms with van der Waals surface area (Å²) in [4.78, 5) is 47.5. The number of aliphatic hydroxyl groups excluding tert-OH is 9. The number of rotatable bonds is 15. The van der Waals surface area contributed by atoms with E-state index in [1.165, 1.54) is 0 Å². The van der Waals surface area contributed by atoms with Crippen LogP contribution in [0.2, 0.25) is 0 Å². The first-order valence-corrected chi connectivity index (χ1v) is 16.8. The molecule has 3 aliphatic rings. The summed E-state index contributed by atoms with van der Waals surface area (Å²) < 4.78 is 34.4. The van der Waals surface area contributed by atoms with Gasteiger partial charge in [0.05, 0.1) is 36.9 Å². The Morgan fingerprint density at radius 1 is 0.909 bits per heavy atom. The number of carbonyl (C=O) groups excluding carboxylic acids is 2. The molecular weight excluding hydrogens is 750 g/mol. The number of carboxylic acids is 1. The van der Waals surface area contributed by atoms with Crippen molar-refractivity contribution < 1.29 is 98.8 Å². The molecule has 3 saturated heterocycles. The van der Waals surface area contributed by atoms with Crippen molar-refractivity contribution in [2.45, 2.75) is 118 Å². The molecule has 12 N–H and O–H groups in total. The second-order valence-electron chi connectivity index (χ2n) is 13.1. The number of ether oxygens (including phenoxy) is 6. The number of amides is 2. The summed E-state index contributed by atoms with van der Waals surface area (Å²) >= 11 is 0. The minimum atomic E-state index is -2.93. The topological polar surface area (TPSA) is 376 Å². The first-order valence-electron chi connectivity index (χ1n) is 16.8. The lowest BCUT2D eigenvalue weighted by Gasteiger charge is -2.49. The third-order valence-corrected chi connectivity index (χ3v) is 9.15. The largest absolute Gasteiger partial charge is 0.477 e. The van der Waals surface area contributed by atoms with Gasteiger partial charge in [0.15, 0.2) is 6.29 Å². The van der Waals surface area contributed by atoms with Gasteiger partial charge in [-0.1, -0.05) is 0 Å². The second-order valence-corrected chi connectivity index (χ2v) is 13.1. The Balaban J connectivity index is 1.72. The molecule has 16 unspecified atom stereocenters. The lowest BCUT2D eigenvalue weighted by molar-refractivity contribution is -0.384. The Kier molecular flexibility index (Phi) is 14.8. The van der Waals surface area contributed by atoms with Crippen LogP contribution in [0.25, 0.3) is 0 Å². The zero-order valence-electron chi connectivity index (χ0n) is 29.2. The fourth-order valence-corrected chi connectivity index (χ4v) is 6.32. The summed E-state index contributed by atoms with van der Waals surface area (Å²) in [5.74, 6) is -6.43. The van der Waals surface area contributed by atoms with Gasteiger partial charge in [-0.2, -0.15) is 0 Å². The molecule has 0 aromatic heterocycles. The highest BCUT2D eigenvalue weighted by Gasteiger charge is 2.58. The maximum Gasteiger partial charge on any atom is 0.364 e. The predicted molar refractivity (Wildman–Crippen MR) is 173 cm³/mol. The number of aliphatic hydroxyl groups is 9. The Morgan fingerprint density at radius 3 is 2.05 bits per heavy atom. The van der Waals surface area contributed by atoms with E-state index in [1.54, 1.807) is 0 Å². The molecule has 2 amide bonds. The fourth-order valence-electron chi connectivity index (χ4n) is 6.32. The Hall–Kier alpha value is -3.73. The van der Waals surface area contributed by atoms with Crippen molar-refractivity contribution in [3.63, 3.8) is 0 Å². The number of nitrogens with one attached hydrogen (secondary N) is 2. The first kappa shape index (κ1) is 44.0. The van der Waals surface area contributed by atoms with Gasteiger partial charge in [-0.05, 0) is 12.1 Å². The third kappa shape index (κ3) is 9.99. The van der Waals surface area contributed by atoms with Crippen LogP contribution in [0, 0.1) is 10.1 Å². The molecule has 0 bridgehead atoms. The lowest BCUT2D eigenvalue weighted by atomic mass is 9.88. The lowest BCUT2D eigenvalue weighted by Crippen LogP contribution is -2.70. The number of hydrogen-bond acceptors (Lipinski definition) is 20. The molecule has 4 rings (SSSR count). The van der Waals surface area contributed by atoms with Gasteiger partial charge in [0.2, 0.25) is 18.1 Å². The molecule has 1 aromatic rings. The van der Waals surface area contributed by atoms with Crippen LogP contribution in [-0.2, 0) is 38.1 Å². The number of nitro groups is 1. The molecule has 1 aromatic carbocycles. The van der Waals surface area contributed by atoms with Gasteiger partial charge >= 0.3 is 5.97 Å². The average molecular weight is 796 g/mol. The van der Waals surface area contributed by atoms with Crippen LogP contribution in [0.5, 0.6) is 5.75 Å². The Morgan fingerprint density at radius 2 is 1.51 bits per heavy atom. The quantitative estimate of drug-likeness (QED) is 0.0580. The summed E-state index contributed by atoms with van der Waals surface area (Å²) in [7, 11) is 0. The van der Waals surface area contributed by atoms with E-state index in [0.717, 1.165) is 38.1 Å². The highest BCUT2D eigenvalue weighted by atomic mass is 16.8. The minimum absolute atomic E-state index is 0.0878. The summed E-state index contributed by atoms with van der Waals surface area (Å²) in [5, 5.41) is 120. The monoisotopic (exact) mass is 795 g/mol. The Labute approximate surface area is 310 Å². The second kappa shape index (κ2) is 18.5. The molecule has 55 heavy (non-hydrogen) atoms. The number of nitro benzene ring substituents is 1. The molecule has 310 valence electrons. The maximum atomic E-state index is 12.8. The van der Waals surface area contributed by atoms with Crippen molar-refractivity contribution >= 4 is 23.5 Å². The van der Waals surface area contributed by atoms with Gasteiger partial charge in [-0.3, -0.25) is 19.7 Å². The fraction of sp³-hybridized carbons (Fsp3) is 0.710. The average Bonchev–Trinajstić information content (AvgIpc) is 3.13. The van der Waals surface area contributed by atoms with E-state index >= 15 is 0 Å². The van der Waals surface area contributed by atoms with Crippen molar-refractivity contribution in [2.24, 2.45) is 0 Å². The molecule has 3 heterocycles. The number of hydrogen-bond donors (Lipinski definition) is 12. The van der Waals surface area contributed by atoms with Crippen LogP contribution in [0.1, 0.15) is 20.3 Å². The van der Waals surface area contributed by atoms with Gasteiger partial charge in [0.1, 0.15) is 72.8 Å². The number of aliphatic carboxylic acids is 1. The van der Waals surface area contributed by atoms with Crippen LogP contribution in [-0.4, -0.2) is 191 Å². The van der Waals surface area contributed by atoms with Gasteiger partial charge in [-0.25, -0.2) is 4.79 Å². The van der Waals surface area contributed by atoms with Crippen molar-refractivity contribution in [1.82, 2.24) is 10.6 Å². The smallest absolute Gasteiger partial charge is 0.364 e. The van der Waals surface area contributed by atoms with Crippen molar-refractivity contribution in [1.29, 1.82) is 0 Å². The molecular formula is C31H45N3O21. The molecule has 24 heteroatoms. The maximum absolute atomic E-state index is 12.8. The molecule has 3 aliphatic heterocycles. The van der Waals surface area contributed by atoms with E-state index in [1.807, 2.05) is 0 Å². The third-order valence-electron chi connectivity index (χ3n) is 9.15. The zero-order valence-corrected chi connectivity index (χ0v) is 29.2. The summed E-state index contributed by atoms with van der Waals surface area (Å²) in [5.41, 5.74) is -0.320. The minimum Gasteiger partial charge on any atom is -0.477 e. The number of benzene rings is 1. The molecule has 0 spiro atoms. The summed E-state index contributed by atoms with van der Waals surface area (Å²) in [6, 6.07) is 1.35. The van der Waals surface area contributed by atoms with Gasteiger partial charge in [0.25, 0.3) is 11.5 Å². The van der Waals surface area contributed by atoms with E-state index < -0.39 is 147 Å². The molecule has 0 radical (unpaired) electrons. The van der Waals surface area contributed by atoms with Crippen molar-refractivity contribution in [2.75, 3.05) is 19.8 Å². The molecule has 16 atom stereocenters. The molecule has 0 saturated carbocycles. The van der Waals surface area contributed by atoms with Gasteiger partial charge < -0.3 is 90.1 Å². The van der Waals surface area contributed by atoms with E-state index in [2.05, 4.69) is 10.6 Å². The zero-order chi connectivity index (χ0) is 40.9. The SMILES string of the molecule is CC(=O)NC1C(Oc2ccc([N+](=O)[O-])cc2)OC(COC2(C(=O)O)CC(O)C(NC(C)=O)C(C(O)C(O)CO)O2)C(OC2OC(CO)C(O)C(O)C2O)C1O. The standard InChI is InChI=1S/C31H45N3O21/c1-11(37)32-19-15(39)7-31(30(46)47,55-27(19)21(41)16(40)8-35)50-10-18-26(54-29-25(45)24(44)22(42)17(9-36)52-29)23(43)20(33-12(2)38)28(53-18)51-14-5-3-13(4-6-14)34(48)49/h3-6,15-29,35-36,39-45H,7-10H2,1-2H3,(H,32,37)(H,33,38)(H,46,47). The number of nitrogens with zero attached hydrogens (tertiary/aromatic N) is 1. The molecule has 24 nitrogen and oxygen atoms in total. The highest BCUT2D eigenvalue weighted by molar-refractivity contribution is 5.76. The van der Waals surface area contributed by atoms with Crippen LogP contribution < -0.4 is 15.4 Å². The number of carbonyl (C=O) groups is 3. The molecule has 3 fully saturated rings. The first-order chi connectivity index (χ1) is 25.8. The van der Waals surface area contributed by atoms with E-state index in [4.69, 9.17) is 28.4 Å². The summed E-state index contributed by atoms with van der Waals surface area (Å²) in [6.45, 7) is -0.839.